The number of benzene rings is 1. The molecule has 5 rings (SSSR count). The van der Waals surface area contributed by atoms with Crippen LogP contribution in [0.2, 0.25) is 0 Å². The number of carbonyl (C=O) groups excluding carboxylic acids is 2. The van der Waals surface area contributed by atoms with Crippen LogP contribution >= 0.6 is 11.3 Å². The van der Waals surface area contributed by atoms with Crippen molar-refractivity contribution in [2.75, 3.05) is 25.4 Å². The lowest BCUT2D eigenvalue weighted by molar-refractivity contribution is 0.0580. The summed E-state index contributed by atoms with van der Waals surface area (Å²) in [5.74, 6) is 0.398. The SMILES string of the molecule is Nc1ccsc1C(=O)N1C[C@H]2CC[C@@H]1CN(C(=O)c1ccccc1)C2. The molecule has 0 radical (unpaired) electrons. The summed E-state index contributed by atoms with van der Waals surface area (Å²) in [4.78, 5) is 30.2. The molecule has 0 unspecified atom stereocenters. The third-order valence-electron chi connectivity index (χ3n) is 5.17. The normalized spacial score (nSPS) is 22.7. The van der Waals surface area contributed by atoms with E-state index < -0.39 is 0 Å². The van der Waals surface area contributed by atoms with E-state index in [1.165, 1.54) is 11.3 Å². The predicted molar refractivity (Wildman–Crippen MR) is 98.6 cm³/mol. The van der Waals surface area contributed by atoms with Gasteiger partial charge in [-0.3, -0.25) is 9.59 Å². The Balaban J connectivity index is 1.56. The zero-order chi connectivity index (χ0) is 17.4. The van der Waals surface area contributed by atoms with Crippen LogP contribution in [-0.2, 0) is 0 Å². The smallest absolute Gasteiger partial charge is 0.266 e. The molecule has 4 heterocycles. The molecule has 1 aromatic carbocycles. The van der Waals surface area contributed by atoms with E-state index in [4.69, 9.17) is 5.73 Å². The second-order valence-corrected chi connectivity index (χ2v) is 7.75. The summed E-state index contributed by atoms with van der Waals surface area (Å²) in [5.41, 5.74) is 7.20. The van der Waals surface area contributed by atoms with E-state index in [2.05, 4.69) is 0 Å². The van der Waals surface area contributed by atoms with Crippen molar-refractivity contribution in [3.63, 3.8) is 0 Å². The van der Waals surface area contributed by atoms with E-state index in [1.54, 1.807) is 6.07 Å². The summed E-state index contributed by atoms with van der Waals surface area (Å²) in [7, 11) is 0. The van der Waals surface area contributed by atoms with Crippen molar-refractivity contribution in [3.8, 4) is 0 Å². The highest BCUT2D eigenvalue weighted by atomic mass is 32.1. The van der Waals surface area contributed by atoms with Crippen LogP contribution < -0.4 is 5.73 Å². The Labute approximate surface area is 151 Å². The molecule has 0 saturated carbocycles. The molecule has 2 bridgehead atoms. The van der Waals surface area contributed by atoms with Crippen molar-refractivity contribution in [3.05, 3.63) is 52.2 Å². The van der Waals surface area contributed by atoms with Gasteiger partial charge < -0.3 is 15.5 Å². The fourth-order valence-corrected chi connectivity index (χ4v) is 4.66. The van der Waals surface area contributed by atoms with Gasteiger partial charge in [0.05, 0.1) is 5.69 Å². The van der Waals surface area contributed by atoms with Gasteiger partial charge in [0.15, 0.2) is 0 Å². The number of fused-ring (bicyclic) bond motifs is 4. The second kappa shape index (κ2) is 6.52. The number of hydrogen-bond donors (Lipinski definition) is 1. The number of thiophene rings is 1. The van der Waals surface area contributed by atoms with Crippen LogP contribution in [0, 0.1) is 5.92 Å². The largest absolute Gasteiger partial charge is 0.397 e. The number of nitrogens with two attached hydrogens (primary N) is 1. The van der Waals surface area contributed by atoms with Gasteiger partial charge in [-0.05, 0) is 42.3 Å². The van der Waals surface area contributed by atoms with Crippen LogP contribution in [0.15, 0.2) is 41.8 Å². The van der Waals surface area contributed by atoms with Gasteiger partial charge in [-0.2, -0.15) is 0 Å². The fourth-order valence-electron chi connectivity index (χ4n) is 3.88. The Bertz CT molecular complexity index is 789. The first-order valence-corrected chi connectivity index (χ1v) is 9.49. The Morgan fingerprint density at radius 2 is 1.80 bits per heavy atom. The van der Waals surface area contributed by atoms with Crippen LogP contribution in [0.3, 0.4) is 0 Å². The van der Waals surface area contributed by atoms with Crippen molar-refractivity contribution in [2.45, 2.75) is 18.9 Å². The Morgan fingerprint density at radius 3 is 2.52 bits per heavy atom. The van der Waals surface area contributed by atoms with Crippen LogP contribution in [0.5, 0.6) is 0 Å². The molecule has 3 aliphatic rings. The van der Waals surface area contributed by atoms with E-state index in [0.717, 1.165) is 12.8 Å². The standard InChI is InChI=1S/C19H21N3O2S/c20-16-8-9-25-17(16)19(24)22-11-13-6-7-15(22)12-21(10-13)18(23)14-4-2-1-3-5-14/h1-5,8-9,13,15H,6-7,10-12,20H2/t13-,15+/m0/s1. The highest BCUT2D eigenvalue weighted by molar-refractivity contribution is 7.12. The molecule has 2 N–H and O–H groups in total. The number of amides is 2. The molecule has 130 valence electrons. The number of anilines is 1. The molecule has 6 heteroatoms. The number of hydrogen-bond acceptors (Lipinski definition) is 4. The Kier molecular flexibility index (Phi) is 4.21. The Morgan fingerprint density at radius 1 is 1.00 bits per heavy atom. The first-order valence-electron chi connectivity index (χ1n) is 8.61. The van der Waals surface area contributed by atoms with Gasteiger partial charge in [-0.15, -0.1) is 11.3 Å². The van der Waals surface area contributed by atoms with Crippen molar-refractivity contribution in [1.82, 2.24) is 9.80 Å². The van der Waals surface area contributed by atoms with E-state index in [1.807, 2.05) is 45.5 Å². The first kappa shape index (κ1) is 16.1. The average Bonchev–Trinajstić information content (AvgIpc) is 2.87. The summed E-state index contributed by atoms with van der Waals surface area (Å²) < 4.78 is 0. The lowest BCUT2D eigenvalue weighted by atomic mass is 9.95. The number of rotatable bonds is 2. The molecule has 2 atom stereocenters. The molecule has 0 spiro atoms. The molecule has 5 nitrogen and oxygen atoms in total. The number of carbonyl (C=O) groups is 2. The highest BCUT2D eigenvalue weighted by Crippen LogP contribution is 2.32. The second-order valence-electron chi connectivity index (χ2n) is 6.84. The minimum atomic E-state index is 0.0104. The zero-order valence-corrected chi connectivity index (χ0v) is 14.7. The number of nitrogen functional groups attached to an aromatic ring is 1. The maximum absolute atomic E-state index is 12.9. The molecule has 3 aliphatic heterocycles. The van der Waals surface area contributed by atoms with Crippen molar-refractivity contribution in [1.29, 1.82) is 0 Å². The summed E-state index contributed by atoms with van der Waals surface area (Å²) in [6, 6.07) is 11.2. The number of piperidine rings is 1. The van der Waals surface area contributed by atoms with Gasteiger partial charge in [0.2, 0.25) is 0 Å². The molecule has 0 aliphatic carbocycles. The van der Waals surface area contributed by atoms with Crippen molar-refractivity contribution in [2.24, 2.45) is 5.92 Å². The van der Waals surface area contributed by atoms with Gasteiger partial charge in [-0.25, -0.2) is 0 Å². The quantitative estimate of drug-likeness (QED) is 0.901. The van der Waals surface area contributed by atoms with Gasteiger partial charge in [-0.1, -0.05) is 18.2 Å². The topological polar surface area (TPSA) is 66.6 Å². The van der Waals surface area contributed by atoms with Crippen molar-refractivity contribution >= 4 is 28.8 Å². The predicted octanol–water partition coefficient (Wildman–Crippen LogP) is 2.71. The van der Waals surface area contributed by atoms with Crippen LogP contribution in [0.1, 0.15) is 32.9 Å². The van der Waals surface area contributed by atoms with E-state index in [9.17, 15) is 9.59 Å². The van der Waals surface area contributed by atoms with E-state index in [-0.39, 0.29) is 17.9 Å². The third-order valence-corrected chi connectivity index (χ3v) is 6.09. The lowest BCUT2D eigenvalue weighted by Crippen LogP contribution is -2.47. The van der Waals surface area contributed by atoms with Gasteiger partial charge in [0, 0.05) is 31.2 Å². The molecule has 3 fully saturated rings. The molecular formula is C19H21N3O2S. The van der Waals surface area contributed by atoms with E-state index in [0.29, 0.717) is 41.7 Å². The third kappa shape index (κ3) is 3.02. The van der Waals surface area contributed by atoms with Gasteiger partial charge in [0.25, 0.3) is 11.8 Å². The van der Waals surface area contributed by atoms with Crippen LogP contribution in [-0.4, -0.2) is 47.3 Å². The molecule has 3 saturated heterocycles. The van der Waals surface area contributed by atoms with Gasteiger partial charge in [0.1, 0.15) is 4.88 Å². The molecule has 2 aromatic rings. The fraction of sp³-hybridized carbons (Fsp3) is 0.368. The van der Waals surface area contributed by atoms with Crippen LogP contribution in [0.4, 0.5) is 5.69 Å². The lowest BCUT2D eigenvalue weighted by Gasteiger charge is -2.35. The zero-order valence-electron chi connectivity index (χ0n) is 13.9. The minimum absolute atomic E-state index is 0.0104. The summed E-state index contributed by atoms with van der Waals surface area (Å²) in [5, 5.41) is 1.85. The molecule has 25 heavy (non-hydrogen) atoms. The van der Waals surface area contributed by atoms with Crippen molar-refractivity contribution < 1.29 is 9.59 Å². The maximum Gasteiger partial charge on any atom is 0.266 e. The van der Waals surface area contributed by atoms with Crippen LogP contribution in [0.25, 0.3) is 0 Å². The van der Waals surface area contributed by atoms with Gasteiger partial charge >= 0.3 is 0 Å². The number of nitrogens with zero attached hydrogens (tertiary/aromatic N) is 2. The maximum atomic E-state index is 12.9. The summed E-state index contributed by atoms with van der Waals surface area (Å²) >= 11 is 1.39. The first-order chi connectivity index (χ1) is 12.1. The summed E-state index contributed by atoms with van der Waals surface area (Å²) in [6.45, 7) is 2.02. The van der Waals surface area contributed by atoms with E-state index >= 15 is 0 Å². The monoisotopic (exact) mass is 355 g/mol. The molecule has 2 amide bonds. The highest BCUT2D eigenvalue weighted by Gasteiger charge is 2.39. The Hall–Kier alpha value is -2.34. The molecule has 1 aromatic heterocycles. The molecular weight excluding hydrogens is 334 g/mol. The average molecular weight is 355 g/mol. The summed E-state index contributed by atoms with van der Waals surface area (Å²) in [6.07, 6.45) is 2.01. The minimum Gasteiger partial charge on any atom is -0.397 e.